The summed E-state index contributed by atoms with van der Waals surface area (Å²) in [4.78, 5) is 40.5. The molecule has 0 aliphatic rings. The summed E-state index contributed by atoms with van der Waals surface area (Å²) >= 11 is 0. The Bertz CT molecular complexity index is 1030. The van der Waals surface area contributed by atoms with Crippen molar-refractivity contribution in [3.8, 4) is 11.3 Å². The maximum atomic E-state index is 12.7. The highest BCUT2D eigenvalue weighted by Gasteiger charge is 2.16. The SMILES string of the molecule is CCNC(=O)CNC(=O)COC(=O)c1cc(-c2ccccc2)nc2ccccc12. The molecule has 0 aliphatic heterocycles. The number of carbonyl (C=O) groups excluding carboxylic acids is 3. The van der Waals surface area contributed by atoms with Crippen molar-refractivity contribution in [2.75, 3.05) is 19.7 Å². The monoisotopic (exact) mass is 391 g/mol. The van der Waals surface area contributed by atoms with Gasteiger partial charge in [-0.15, -0.1) is 0 Å². The Morgan fingerprint density at radius 2 is 1.66 bits per heavy atom. The van der Waals surface area contributed by atoms with Gasteiger partial charge in [-0.2, -0.15) is 0 Å². The molecule has 7 nitrogen and oxygen atoms in total. The molecule has 0 unspecified atom stereocenters. The summed E-state index contributed by atoms with van der Waals surface area (Å²) in [6.07, 6.45) is 0. The zero-order valence-corrected chi connectivity index (χ0v) is 16.0. The minimum Gasteiger partial charge on any atom is -0.452 e. The van der Waals surface area contributed by atoms with E-state index in [1.54, 1.807) is 19.1 Å². The van der Waals surface area contributed by atoms with Gasteiger partial charge in [0.1, 0.15) is 0 Å². The Hall–Kier alpha value is -3.74. The van der Waals surface area contributed by atoms with Gasteiger partial charge in [-0.3, -0.25) is 9.59 Å². The summed E-state index contributed by atoms with van der Waals surface area (Å²) in [7, 11) is 0. The van der Waals surface area contributed by atoms with E-state index in [2.05, 4.69) is 15.6 Å². The Kier molecular flexibility index (Phi) is 6.52. The van der Waals surface area contributed by atoms with Crippen molar-refractivity contribution in [1.82, 2.24) is 15.6 Å². The fourth-order valence-corrected chi connectivity index (χ4v) is 2.80. The number of amides is 2. The number of para-hydroxylation sites is 1. The molecule has 2 N–H and O–H groups in total. The molecule has 0 bridgehead atoms. The molecule has 0 atom stereocenters. The third-order valence-corrected chi connectivity index (χ3v) is 4.16. The third-order valence-electron chi connectivity index (χ3n) is 4.16. The first-order valence-corrected chi connectivity index (χ1v) is 9.24. The Balaban J connectivity index is 1.77. The Morgan fingerprint density at radius 3 is 2.41 bits per heavy atom. The van der Waals surface area contributed by atoms with Crippen LogP contribution in [-0.4, -0.2) is 42.5 Å². The molecule has 0 aliphatic carbocycles. The lowest BCUT2D eigenvalue weighted by Gasteiger charge is -2.10. The predicted octanol–water partition coefficient (Wildman–Crippen LogP) is 2.31. The van der Waals surface area contributed by atoms with Gasteiger partial charge in [-0.1, -0.05) is 48.5 Å². The Labute approximate surface area is 168 Å². The number of fused-ring (bicyclic) bond motifs is 1. The van der Waals surface area contributed by atoms with E-state index in [1.807, 2.05) is 48.5 Å². The van der Waals surface area contributed by atoms with Gasteiger partial charge < -0.3 is 15.4 Å². The second kappa shape index (κ2) is 9.45. The lowest BCUT2D eigenvalue weighted by Crippen LogP contribution is -2.38. The number of aromatic nitrogens is 1. The first-order chi connectivity index (χ1) is 14.1. The second-order valence-corrected chi connectivity index (χ2v) is 6.24. The number of hydrogen-bond donors (Lipinski definition) is 2. The maximum absolute atomic E-state index is 12.7. The zero-order chi connectivity index (χ0) is 20.6. The Morgan fingerprint density at radius 1 is 0.931 bits per heavy atom. The molecule has 29 heavy (non-hydrogen) atoms. The van der Waals surface area contributed by atoms with Gasteiger partial charge in [0.2, 0.25) is 5.91 Å². The number of hydrogen-bond acceptors (Lipinski definition) is 5. The highest BCUT2D eigenvalue weighted by atomic mass is 16.5. The molecular weight excluding hydrogens is 370 g/mol. The fraction of sp³-hybridized carbons (Fsp3) is 0.182. The highest BCUT2D eigenvalue weighted by Crippen LogP contribution is 2.25. The lowest BCUT2D eigenvalue weighted by atomic mass is 10.0. The largest absolute Gasteiger partial charge is 0.452 e. The molecule has 1 aromatic heterocycles. The van der Waals surface area contributed by atoms with Gasteiger partial charge >= 0.3 is 5.97 Å². The molecule has 3 rings (SSSR count). The molecule has 1 heterocycles. The molecule has 7 heteroatoms. The van der Waals surface area contributed by atoms with E-state index in [-0.39, 0.29) is 12.5 Å². The normalized spacial score (nSPS) is 10.4. The van der Waals surface area contributed by atoms with Gasteiger partial charge in [0.15, 0.2) is 6.61 Å². The average molecular weight is 391 g/mol. The van der Waals surface area contributed by atoms with Crippen molar-refractivity contribution in [1.29, 1.82) is 0 Å². The molecule has 0 radical (unpaired) electrons. The van der Waals surface area contributed by atoms with Crippen molar-refractivity contribution in [2.45, 2.75) is 6.92 Å². The number of nitrogens with one attached hydrogen (secondary N) is 2. The molecule has 0 saturated heterocycles. The van der Waals surface area contributed by atoms with Crippen LogP contribution in [0.2, 0.25) is 0 Å². The van der Waals surface area contributed by atoms with E-state index in [0.29, 0.717) is 28.7 Å². The van der Waals surface area contributed by atoms with Gasteiger partial charge in [0.05, 0.1) is 23.3 Å². The summed E-state index contributed by atoms with van der Waals surface area (Å²) < 4.78 is 5.17. The molecular formula is C22H21N3O4. The van der Waals surface area contributed by atoms with Crippen LogP contribution < -0.4 is 10.6 Å². The topological polar surface area (TPSA) is 97.4 Å². The van der Waals surface area contributed by atoms with E-state index < -0.39 is 18.5 Å². The third kappa shape index (κ3) is 5.16. The van der Waals surface area contributed by atoms with Crippen LogP contribution in [0.5, 0.6) is 0 Å². The van der Waals surface area contributed by atoms with Crippen molar-refractivity contribution < 1.29 is 19.1 Å². The quantitative estimate of drug-likeness (QED) is 0.603. The van der Waals surface area contributed by atoms with Gasteiger partial charge in [-0.05, 0) is 19.1 Å². The smallest absolute Gasteiger partial charge is 0.339 e. The van der Waals surface area contributed by atoms with E-state index in [4.69, 9.17) is 4.74 Å². The van der Waals surface area contributed by atoms with E-state index >= 15 is 0 Å². The van der Waals surface area contributed by atoms with E-state index in [0.717, 1.165) is 5.56 Å². The summed E-state index contributed by atoms with van der Waals surface area (Å²) in [6, 6.07) is 18.4. The van der Waals surface area contributed by atoms with Gasteiger partial charge in [0.25, 0.3) is 5.91 Å². The van der Waals surface area contributed by atoms with Crippen LogP contribution in [0.25, 0.3) is 22.2 Å². The number of esters is 1. The van der Waals surface area contributed by atoms with E-state index in [1.165, 1.54) is 0 Å². The van der Waals surface area contributed by atoms with Crippen LogP contribution in [0, 0.1) is 0 Å². The van der Waals surface area contributed by atoms with Crippen LogP contribution in [0.3, 0.4) is 0 Å². The molecule has 3 aromatic rings. The van der Waals surface area contributed by atoms with Crippen LogP contribution in [0.4, 0.5) is 0 Å². The fourth-order valence-electron chi connectivity index (χ4n) is 2.80. The summed E-state index contributed by atoms with van der Waals surface area (Å²) in [5, 5.41) is 5.61. The van der Waals surface area contributed by atoms with E-state index in [9.17, 15) is 14.4 Å². The minimum absolute atomic E-state index is 0.166. The minimum atomic E-state index is -0.631. The van der Waals surface area contributed by atoms with Crippen LogP contribution in [-0.2, 0) is 14.3 Å². The summed E-state index contributed by atoms with van der Waals surface area (Å²) in [6.45, 7) is 1.61. The zero-order valence-electron chi connectivity index (χ0n) is 16.0. The lowest BCUT2D eigenvalue weighted by molar-refractivity contribution is -0.127. The molecule has 148 valence electrons. The van der Waals surface area contributed by atoms with Crippen LogP contribution in [0.15, 0.2) is 60.7 Å². The summed E-state index contributed by atoms with van der Waals surface area (Å²) in [5.74, 6) is -1.49. The molecule has 2 amide bonds. The number of rotatable bonds is 7. The number of ether oxygens (including phenoxy) is 1. The molecule has 2 aromatic carbocycles. The van der Waals surface area contributed by atoms with Crippen molar-refractivity contribution in [3.63, 3.8) is 0 Å². The molecule has 0 fully saturated rings. The van der Waals surface area contributed by atoms with Crippen LogP contribution >= 0.6 is 0 Å². The number of benzene rings is 2. The number of carbonyl (C=O) groups is 3. The summed E-state index contributed by atoms with van der Waals surface area (Å²) in [5.41, 5.74) is 2.48. The first kappa shape index (κ1) is 20.0. The number of pyridine rings is 1. The highest BCUT2D eigenvalue weighted by molar-refractivity contribution is 6.05. The molecule has 0 saturated carbocycles. The van der Waals surface area contributed by atoms with Crippen molar-refractivity contribution >= 4 is 28.7 Å². The van der Waals surface area contributed by atoms with Crippen LogP contribution in [0.1, 0.15) is 17.3 Å². The molecule has 0 spiro atoms. The number of nitrogens with zero attached hydrogens (tertiary/aromatic N) is 1. The first-order valence-electron chi connectivity index (χ1n) is 9.24. The van der Waals surface area contributed by atoms with Crippen molar-refractivity contribution in [3.05, 3.63) is 66.2 Å². The maximum Gasteiger partial charge on any atom is 0.339 e. The number of likely N-dealkylation sites (N-methyl/N-ethyl adjacent to an activating group) is 1. The second-order valence-electron chi connectivity index (χ2n) is 6.24. The van der Waals surface area contributed by atoms with Gasteiger partial charge in [-0.25, -0.2) is 9.78 Å². The van der Waals surface area contributed by atoms with Crippen molar-refractivity contribution in [2.24, 2.45) is 0 Å². The predicted molar refractivity (Wildman–Crippen MR) is 109 cm³/mol. The average Bonchev–Trinajstić information content (AvgIpc) is 2.76. The van der Waals surface area contributed by atoms with Gasteiger partial charge in [0, 0.05) is 17.5 Å². The standard InChI is InChI=1S/C22H21N3O4/c1-2-23-20(26)13-24-21(27)14-29-22(28)17-12-19(15-8-4-3-5-9-15)25-18-11-7-6-10-16(17)18/h3-12H,2,13-14H2,1H3,(H,23,26)(H,24,27).